The second kappa shape index (κ2) is 6.54. The Kier molecular flexibility index (Phi) is 3.94. The summed E-state index contributed by atoms with van der Waals surface area (Å²) >= 11 is 0. The molecule has 4 aliphatic heterocycles. The molecule has 32 heavy (non-hydrogen) atoms. The summed E-state index contributed by atoms with van der Waals surface area (Å²) in [4.78, 5) is 41.8. The Morgan fingerprint density at radius 3 is 2.59 bits per heavy atom. The van der Waals surface area contributed by atoms with E-state index in [2.05, 4.69) is 10.6 Å². The molecule has 1 spiro atoms. The van der Waals surface area contributed by atoms with Gasteiger partial charge in [0.2, 0.25) is 17.7 Å². The SMILES string of the molecule is C[C@@H](O)[C@H]1N[C@]2(C(=O)Nc3ccccc32)[C@@H]2C(=O)N(c3ccc4c(c3)OCCO4)C(=O)[C@@H]12. The lowest BCUT2D eigenvalue weighted by molar-refractivity contribution is -0.130. The fraction of sp³-hybridized carbons (Fsp3) is 0.348. The molecule has 4 heterocycles. The molecular weight excluding hydrogens is 414 g/mol. The first-order chi connectivity index (χ1) is 15.4. The molecule has 0 unspecified atom stereocenters. The van der Waals surface area contributed by atoms with Gasteiger partial charge in [-0.2, -0.15) is 0 Å². The van der Waals surface area contributed by atoms with E-state index in [1.807, 2.05) is 0 Å². The Hall–Kier alpha value is -3.43. The largest absolute Gasteiger partial charge is 0.486 e. The van der Waals surface area contributed by atoms with Gasteiger partial charge in [-0.3, -0.25) is 19.7 Å². The first kappa shape index (κ1) is 19.3. The minimum absolute atomic E-state index is 0.352. The number of fused-ring (bicyclic) bond motifs is 5. The summed E-state index contributed by atoms with van der Waals surface area (Å²) in [6.07, 6.45) is -0.959. The molecule has 2 saturated heterocycles. The number of nitrogens with one attached hydrogen (secondary N) is 2. The van der Waals surface area contributed by atoms with Crippen LogP contribution in [0.15, 0.2) is 42.5 Å². The van der Waals surface area contributed by atoms with Crippen LogP contribution in [0.2, 0.25) is 0 Å². The van der Waals surface area contributed by atoms with Gasteiger partial charge in [-0.1, -0.05) is 18.2 Å². The van der Waals surface area contributed by atoms with Crippen LogP contribution in [-0.2, 0) is 19.9 Å². The third-order valence-corrected chi connectivity index (χ3v) is 6.86. The number of para-hydroxylation sites is 1. The highest BCUT2D eigenvalue weighted by molar-refractivity contribution is 6.26. The summed E-state index contributed by atoms with van der Waals surface area (Å²) in [5.41, 5.74) is 0.115. The molecule has 9 heteroatoms. The number of amides is 3. The maximum atomic E-state index is 13.8. The minimum atomic E-state index is -1.43. The molecular formula is C23H21N3O6. The zero-order valence-corrected chi connectivity index (χ0v) is 17.2. The molecule has 9 nitrogen and oxygen atoms in total. The topological polar surface area (TPSA) is 117 Å². The molecule has 3 amide bonds. The lowest BCUT2D eigenvalue weighted by atomic mass is 9.76. The first-order valence-corrected chi connectivity index (χ1v) is 10.6. The van der Waals surface area contributed by atoms with Crippen LogP contribution in [-0.4, -0.2) is 48.2 Å². The number of nitrogens with zero attached hydrogens (tertiary/aromatic N) is 1. The molecule has 164 valence electrons. The number of imide groups is 1. The fourth-order valence-corrected chi connectivity index (χ4v) is 5.53. The van der Waals surface area contributed by atoms with Crippen molar-refractivity contribution in [3.63, 3.8) is 0 Å². The molecule has 0 bridgehead atoms. The van der Waals surface area contributed by atoms with Crippen molar-refractivity contribution in [3.05, 3.63) is 48.0 Å². The number of carbonyl (C=O) groups is 3. The van der Waals surface area contributed by atoms with Crippen LogP contribution >= 0.6 is 0 Å². The van der Waals surface area contributed by atoms with E-state index in [-0.39, 0.29) is 0 Å². The van der Waals surface area contributed by atoms with Gasteiger partial charge in [0.05, 0.1) is 23.6 Å². The molecule has 0 aliphatic carbocycles. The quantitative estimate of drug-likeness (QED) is 0.597. The second-order valence-corrected chi connectivity index (χ2v) is 8.56. The summed E-state index contributed by atoms with van der Waals surface area (Å²) in [6.45, 7) is 2.35. The Balaban J connectivity index is 1.49. The molecule has 2 aromatic rings. The minimum Gasteiger partial charge on any atom is -0.486 e. The summed E-state index contributed by atoms with van der Waals surface area (Å²) < 4.78 is 11.2. The molecule has 0 saturated carbocycles. The maximum Gasteiger partial charge on any atom is 0.250 e. The number of anilines is 2. The van der Waals surface area contributed by atoms with Gasteiger partial charge in [0.15, 0.2) is 11.5 Å². The predicted octanol–water partition coefficient (Wildman–Crippen LogP) is 0.764. The molecule has 2 fully saturated rings. The van der Waals surface area contributed by atoms with E-state index in [0.717, 1.165) is 4.90 Å². The highest BCUT2D eigenvalue weighted by Crippen LogP contribution is 2.54. The summed E-state index contributed by atoms with van der Waals surface area (Å²) in [5, 5.41) is 16.5. The number of aliphatic hydroxyl groups is 1. The highest BCUT2D eigenvalue weighted by Gasteiger charge is 2.71. The van der Waals surface area contributed by atoms with Gasteiger partial charge in [0.1, 0.15) is 18.8 Å². The van der Waals surface area contributed by atoms with Gasteiger partial charge >= 0.3 is 0 Å². The van der Waals surface area contributed by atoms with Gasteiger partial charge in [0, 0.05) is 23.4 Å². The zero-order valence-electron chi connectivity index (χ0n) is 17.2. The lowest BCUT2D eigenvalue weighted by Crippen LogP contribution is -2.54. The van der Waals surface area contributed by atoms with Crippen LogP contribution in [0.5, 0.6) is 11.5 Å². The van der Waals surface area contributed by atoms with E-state index in [1.54, 1.807) is 49.4 Å². The van der Waals surface area contributed by atoms with E-state index in [9.17, 15) is 19.5 Å². The molecule has 5 atom stereocenters. The maximum absolute atomic E-state index is 13.8. The summed E-state index contributed by atoms with van der Waals surface area (Å²) in [5.74, 6) is -2.23. The predicted molar refractivity (Wildman–Crippen MR) is 112 cm³/mol. The van der Waals surface area contributed by atoms with Gasteiger partial charge in [-0.25, -0.2) is 4.90 Å². The number of hydrogen-bond acceptors (Lipinski definition) is 7. The lowest BCUT2D eigenvalue weighted by Gasteiger charge is -2.30. The smallest absolute Gasteiger partial charge is 0.250 e. The number of aliphatic hydroxyl groups excluding tert-OH is 1. The van der Waals surface area contributed by atoms with E-state index < -0.39 is 47.2 Å². The van der Waals surface area contributed by atoms with E-state index in [1.165, 1.54) is 0 Å². The molecule has 3 N–H and O–H groups in total. The van der Waals surface area contributed by atoms with Crippen molar-refractivity contribution in [2.75, 3.05) is 23.4 Å². The van der Waals surface area contributed by atoms with Gasteiger partial charge in [-0.15, -0.1) is 0 Å². The number of ether oxygens (including phenoxy) is 2. The third-order valence-electron chi connectivity index (χ3n) is 6.86. The average molecular weight is 435 g/mol. The van der Waals surface area contributed by atoms with E-state index in [0.29, 0.717) is 41.7 Å². The van der Waals surface area contributed by atoms with Crippen LogP contribution in [0.3, 0.4) is 0 Å². The van der Waals surface area contributed by atoms with Crippen LogP contribution < -0.4 is 25.0 Å². The molecule has 0 aromatic heterocycles. The number of carbonyl (C=O) groups excluding carboxylic acids is 3. The Morgan fingerprint density at radius 2 is 1.81 bits per heavy atom. The van der Waals surface area contributed by atoms with Crippen LogP contribution in [0, 0.1) is 11.8 Å². The summed E-state index contributed by atoms with van der Waals surface area (Å²) in [6, 6.07) is 11.2. The van der Waals surface area contributed by atoms with E-state index in [4.69, 9.17) is 9.47 Å². The van der Waals surface area contributed by atoms with Crippen molar-refractivity contribution in [1.82, 2.24) is 5.32 Å². The first-order valence-electron chi connectivity index (χ1n) is 10.6. The van der Waals surface area contributed by atoms with Crippen LogP contribution in [0.4, 0.5) is 11.4 Å². The normalized spacial score (nSPS) is 31.0. The monoisotopic (exact) mass is 435 g/mol. The van der Waals surface area contributed by atoms with E-state index >= 15 is 0 Å². The number of rotatable bonds is 2. The molecule has 0 radical (unpaired) electrons. The highest BCUT2D eigenvalue weighted by atomic mass is 16.6. The Labute approximate surface area is 183 Å². The van der Waals surface area contributed by atoms with Crippen LogP contribution in [0.25, 0.3) is 0 Å². The van der Waals surface area contributed by atoms with Gasteiger partial charge in [0.25, 0.3) is 0 Å². The van der Waals surface area contributed by atoms with Crippen molar-refractivity contribution in [2.24, 2.45) is 11.8 Å². The number of benzene rings is 2. The average Bonchev–Trinajstić information content (AvgIpc) is 3.38. The van der Waals surface area contributed by atoms with Crippen molar-refractivity contribution in [2.45, 2.75) is 24.6 Å². The standard InChI is InChI=1S/C23H21N3O6/c1-11(27)19-17-18(23(25-19)13-4-2-3-5-14(13)24-22(23)30)21(29)26(20(17)28)12-6-7-15-16(10-12)32-9-8-31-15/h2-7,10-11,17-19,25,27H,8-9H2,1H3,(H,24,30)/t11-,17-,18+,19-,23+/m1/s1. The van der Waals surface area contributed by atoms with Gasteiger partial charge in [-0.05, 0) is 25.1 Å². The number of hydrogen-bond donors (Lipinski definition) is 3. The molecule has 2 aromatic carbocycles. The zero-order chi connectivity index (χ0) is 22.2. The molecule has 6 rings (SSSR count). The Bertz CT molecular complexity index is 1180. The fourth-order valence-electron chi connectivity index (χ4n) is 5.53. The third kappa shape index (κ3) is 2.32. The van der Waals surface area contributed by atoms with Crippen molar-refractivity contribution < 1.29 is 29.0 Å². The van der Waals surface area contributed by atoms with Crippen molar-refractivity contribution >= 4 is 29.1 Å². The van der Waals surface area contributed by atoms with Crippen molar-refractivity contribution in [3.8, 4) is 11.5 Å². The summed E-state index contributed by atoms with van der Waals surface area (Å²) in [7, 11) is 0. The second-order valence-electron chi connectivity index (χ2n) is 8.56. The Morgan fingerprint density at radius 1 is 1.06 bits per heavy atom. The van der Waals surface area contributed by atoms with Gasteiger partial charge < -0.3 is 19.9 Å². The molecule has 4 aliphatic rings. The van der Waals surface area contributed by atoms with Crippen LogP contribution in [0.1, 0.15) is 12.5 Å². The van der Waals surface area contributed by atoms with Crippen molar-refractivity contribution in [1.29, 1.82) is 0 Å².